The molecule has 0 amide bonds. The normalized spacial score (nSPS) is 13.9. The van der Waals surface area contributed by atoms with Crippen LogP contribution in [0.3, 0.4) is 0 Å². The molecule has 3 rings (SSSR count). The van der Waals surface area contributed by atoms with Crippen molar-refractivity contribution in [1.29, 1.82) is 0 Å². The van der Waals surface area contributed by atoms with E-state index in [4.69, 9.17) is 4.74 Å². The first-order chi connectivity index (χ1) is 9.65. The molecule has 0 radical (unpaired) electrons. The molecule has 1 heterocycles. The standard InChI is InChI=1S/C16H17BrN2O/c1-10-7-12(8-11(2)15(10)17)20-16-13-5-3-4-6-14(13)18-9-19-16/h7-9H,3-6H2,1-2H3. The number of aryl methyl sites for hydroxylation is 3. The third-order valence-electron chi connectivity index (χ3n) is 3.71. The lowest BCUT2D eigenvalue weighted by atomic mass is 9.97. The Morgan fingerprint density at radius 2 is 1.75 bits per heavy atom. The van der Waals surface area contributed by atoms with Crippen LogP contribution in [0.15, 0.2) is 22.9 Å². The van der Waals surface area contributed by atoms with E-state index in [0.717, 1.165) is 34.6 Å². The molecule has 0 N–H and O–H groups in total. The maximum Gasteiger partial charge on any atom is 0.225 e. The van der Waals surface area contributed by atoms with Gasteiger partial charge in [-0.05, 0) is 62.8 Å². The number of nitrogens with zero attached hydrogens (tertiary/aromatic N) is 2. The van der Waals surface area contributed by atoms with Gasteiger partial charge >= 0.3 is 0 Å². The minimum Gasteiger partial charge on any atom is -0.439 e. The van der Waals surface area contributed by atoms with Crippen molar-refractivity contribution in [1.82, 2.24) is 9.97 Å². The zero-order chi connectivity index (χ0) is 14.1. The minimum absolute atomic E-state index is 0.718. The zero-order valence-electron chi connectivity index (χ0n) is 11.7. The maximum atomic E-state index is 6.02. The van der Waals surface area contributed by atoms with Crippen LogP contribution >= 0.6 is 15.9 Å². The highest BCUT2D eigenvalue weighted by Gasteiger charge is 2.17. The van der Waals surface area contributed by atoms with Gasteiger partial charge in [0.2, 0.25) is 5.88 Å². The summed E-state index contributed by atoms with van der Waals surface area (Å²) in [5.41, 5.74) is 4.66. The molecule has 0 fully saturated rings. The van der Waals surface area contributed by atoms with Crippen LogP contribution in [-0.2, 0) is 12.8 Å². The molecule has 0 unspecified atom stereocenters. The largest absolute Gasteiger partial charge is 0.439 e. The molecular weight excluding hydrogens is 316 g/mol. The molecule has 0 saturated carbocycles. The van der Waals surface area contributed by atoms with Crippen molar-refractivity contribution in [3.8, 4) is 11.6 Å². The SMILES string of the molecule is Cc1cc(Oc2ncnc3c2CCCC3)cc(C)c1Br. The Balaban J connectivity index is 1.96. The highest BCUT2D eigenvalue weighted by Crippen LogP contribution is 2.32. The van der Waals surface area contributed by atoms with E-state index in [1.54, 1.807) is 6.33 Å². The number of ether oxygens (including phenoxy) is 1. The van der Waals surface area contributed by atoms with Crippen molar-refractivity contribution >= 4 is 15.9 Å². The van der Waals surface area contributed by atoms with Crippen molar-refractivity contribution in [3.05, 3.63) is 45.3 Å². The summed E-state index contributed by atoms with van der Waals surface area (Å²) in [6.45, 7) is 4.14. The maximum absolute atomic E-state index is 6.02. The van der Waals surface area contributed by atoms with Gasteiger partial charge in [-0.3, -0.25) is 0 Å². The second-order valence-corrected chi connectivity index (χ2v) is 6.08. The highest BCUT2D eigenvalue weighted by molar-refractivity contribution is 9.10. The second-order valence-electron chi connectivity index (χ2n) is 5.28. The van der Waals surface area contributed by atoms with Crippen LogP contribution in [0.1, 0.15) is 35.2 Å². The first-order valence-electron chi connectivity index (χ1n) is 6.92. The van der Waals surface area contributed by atoms with Crippen LogP contribution in [0, 0.1) is 13.8 Å². The van der Waals surface area contributed by atoms with Crippen LogP contribution in [0.25, 0.3) is 0 Å². The van der Waals surface area contributed by atoms with Gasteiger partial charge in [0, 0.05) is 10.0 Å². The molecule has 4 heteroatoms. The molecule has 0 bridgehead atoms. The fraction of sp³-hybridized carbons (Fsp3) is 0.375. The molecule has 2 aromatic rings. The predicted octanol–water partition coefficient (Wildman–Crippen LogP) is 4.53. The summed E-state index contributed by atoms with van der Waals surface area (Å²) >= 11 is 3.58. The lowest BCUT2D eigenvalue weighted by Crippen LogP contribution is -2.08. The molecule has 1 aliphatic carbocycles. The van der Waals surface area contributed by atoms with Crippen LogP contribution in [0.2, 0.25) is 0 Å². The Kier molecular flexibility index (Phi) is 3.74. The zero-order valence-corrected chi connectivity index (χ0v) is 13.3. The first-order valence-corrected chi connectivity index (χ1v) is 7.72. The highest BCUT2D eigenvalue weighted by atomic mass is 79.9. The molecule has 0 saturated heterocycles. The van der Waals surface area contributed by atoms with Crippen molar-refractivity contribution in [2.75, 3.05) is 0 Å². The summed E-state index contributed by atoms with van der Waals surface area (Å²) in [5.74, 6) is 1.56. The van der Waals surface area contributed by atoms with E-state index in [-0.39, 0.29) is 0 Å². The Bertz CT molecular complexity index is 632. The molecule has 0 spiro atoms. The number of hydrogen-bond donors (Lipinski definition) is 0. The Hall–Kier alpha value is -1.42. The second kappa shape index (κ2) is 5.52. The van der Waals surface area contributed by atoms with Crippen molar-refractivity contribution in [3.63, 3.8) is 0 Å². The van der Waals surface area contributed by atoms with E-state index in [9.17, 15) is 0 Å². The number of benzene rings is 1. The number of fused-ring (bicyclic) bond motifs is 1. The van der Waals surface area contributed by atoms with Gasteiger partial charge in [-0.25, -0.2) is 9.97 Å². The number of hydrogen-bond acceptors (Lipinski definition) is 3. The van der Waals surface area contributed by atoms with Crippen LogP contribution in [-0.4, -0.2) is 9.97 Å². The van der Waals surface area contributed by atoms with Crippen molar-refractivity contribution < 1.29 is 4.74 Å². The van der Waals surface area contributed by atoms with Crippen LogP contribution < -0.4 is 4.74 Å². The Morgan fingerprint density at radius 3 is 2.50 bits per heavy atom. The topological polar surface area (TPSA) is 35.0 Å². The lowest BCUT2D eigenvalue weighted by Gasteiger charge is -2.17. The van der Waals surface area contributed by atoms with Gasteiger partial charge in [-0.1, -0.05) is 15.9 Å². The van der Waals surface area contributed by atoms with E-state index in [1.165, 1.54) is 29.5 Å². The van der Waals surface area contributed by atoms with Crippen molar-refractivity contribution in [2.24, 2.45) is 0 Å². The molecule has 0 aliphatic heterocycles. The molecule has 1 aromatic heterocycles. The van der Waals surface area contributed by atoms with Crippen LogP contribution in [0.4, 0.5) is 0 Å². The average Bonchev–Trinajstić information content (AvgIpc) is 2.45. The first kappa shape index (κ1) is 13.6. The summed E-state index contributed by atoms with van der Waals surface area (Å²) in [4.78, 5) is 8.70. The smallest absolute Gasteiger partial charge is 0.225 e. The van der Waals surface area contributed by atoms with E-state index in [2.05, 4.69) is 39.7 Å². The third kappa shape index (κ3) is 2.57. The summed E-state index contributed by atoms with van der Waals surface area (Å²) < 4.78 is 7.16. The van der Waals surface area contributed by atoms with Crippen LogP contribution in [0.5, 0.6) is 11.6 Å². The summed E-state index contributed by atoms with van der Waals surface area (Å²) in [6.07, 6.45) is 6.06. The van der Waals surface area contributed by atoms with Gasteiger partial charge in [0.1, 0.15) is 12.1 Å². The molecule has 104 valence electrons. The quantitative estimate of drug-likeness (QED) is 0.810. The molecule has 3 nitrogen and oxygen atoms in total. The molecule has 0 atom stereocenters. The number of aromatic nitrogens is 2. The molecule has 20 heavy (non-hydrogen) atoms. The number of rotatable bonds is 2. The van der Waals surface area contributed by atoms with Gasteiger partial charge in [0.05, 0.1) is 5.69 Å². The van der Waals surface area contributed by atoms with Gasteiger partial charge in [0.15, 0.2) is 0 Å². The minimum atomic E-state index is 0.718. The number of halogens is 1. The average molecular weight is 333 g/mol. The Labute approximate surface area is 127 Å². The summed E-state index contributed by atoms with van der Waals surface area (Å²) in [6, 6.07) is 4.07. The third-order valence-corrected chi connectivity index (χ3v) is 4.96. The summed E-state index contributed by atoms with van der Waals surface area (Å²) in [5, 5.41) is 0. The van der Waals surface area contributed by atoms with Gasteiger partial charge in [-0.2, -0.15) is 0 Å². The fourth-order valence-electron chi connectivity index (χ4n) is 2.66. The van der Waals surface area contributed by atoms with Gasteiger partial charge in [0.25, 0.3) is 0 Å². The molecule has 1 aromatic carbocycles. The van der Waals surface area contributed by atoms with E-state index >= 15 is 0 Å². The fourth-order valence-corrected chi connectivity index (χ4v) is 2.88. The molecule has 1 aliphatic rings. The predicted molar refractivity (Wildman–Crippen MR) is 82.4 cm³/mol. The van der Waals surface area contributed by atoms with Gasteiger partial charge in [-0.15, -0.1) is 0 Å². The monoisotopic (exact) mass is 332 g/mol. The summed E-state index contributed by atoms with van der Waals surface area (Å²) in [7, 11) is 0. The van der Waals surface area contributed by atoms with E-state index in [1.807, 2.05) is 12.1 Å². The van der Waals surface area contributed by atoms with E-state index < -0.39 is 0 Å². The molecular formula is C16H17BrN2O. The Morgan fingerprint density at radius 1 is 1.05 bits per heavy atom. The lowest BCUT2D eigenvalue weighted by molar-refractivity contribution is 0.446. The van der Waals surface area contributed by atoms with Gasteiger partial charge < -0.3 is 4.74 Å². The van der Waals surface area contributed by atoms with Crippen molar-refractivity contribution in [2.45, 2.75) is 39.5 Å². The van der Waals surface area contributed by atoms with E-state index in [0.29, 0.717) is 0 Å².